The van der Waals surface area contributed by atoms with Crippen molar-refractivity contribution >= 4 is 11.8 Å². The molecule has 2 amide bonds. The van der Waals surface area contributed by atoms with E-state index in [9.17, 15) is 9.59 Å². The molecule has 6 heteroatoms. The number of hydrogen-bond acceptors (Lipinski definition) is 4. The van der Waals surface area contributed by atoms with Crippen LogP contribution >= 0.6 is 0 Å². The maximum absolute atomic E-state index is 13.3. The number of carbonyl (C=O) groups is 2. The molecule has 0 saturated heterocycles. The Morgan fingerprint density at radius 1 is 1.00 bits per heavy atom. The average Bonchev–Trinajstić information content (AvgIpc) is 3.67. The summed E-state index contributed by atoms with van der Waals surface area (Å²) < 4.78 is 11.0. The zero-order valence-corrected chi connectivity index (χ0v) is 17.5. The van der Waals surface area contributed by atoms with E-state index in [1.165, 1.54) is 0 Å². The lowest BCUT2D eigenvalue weighted by molar-refractivity contribution is 0.0729. The van der Waals surface area contributed by atoms with Crippen LogP contribution in [-0.4, -0.2) is 42.5 Å². The van der Waals surface area contributed by atoms with Crippen molar-refractivity contribution in [3.63, 3.8) is 0 Å². The minimum atomic E-state index is -0.0270. The van der Waals surface area contributed by atoms with Crippen LogP contribution in [0.3, 0.4) is 0 Å². The van der Waals surface area contributed by atoms with E-state index < -0.39 is 0 Å². The van der Waals surface area contributed by atoms with Crippen LogP contribution in [0, 0.1) is 0 Å². The monoisotopic (exact) mass is 408 g/mol. The standard InChI is InChI=1S/C24H28N2O4/c1-3-30-22-14-18(8-13-21(22)29-2)24(28)26(20-11-12-20)15-16-4-6-17(7-5-16)23(27)25-19-9-10-19/h4-8,13-14,19-20H,3,9-12,15H2,1-2H3,(H,25,27). The molecule has 1 N–H and O–H groups in total. The zero-order chi connectivity index (χ0) is 21.1. The number of nitrogens with one attached hydrogen (secondary N) is 1. The summed E-state index contributed by atoms with van der Waals surface area (Å²) in [7, 11) is 1.59. The van der Waals surface area contributed by atoms with Gasteiger partial charge in [-0.05, 0) is 68.5 Å². The van der Waals surface area contributed by atoms with Crippen molar-refractivity contribution in [3.8, 4) is 11.5 Å². The predicted molar refractivity (Wildman–Crippen MR) is 114 cm³/mol. The Kier molecular flexibility index (Phi) is 5.93. The van der Waals surface area contributed by atoms with E-state index in [1.807, 2.05) is 36.1 Å². The van der Waals surface area contributed by atoms with Gasteiger partial charge in [0.15, 0.2) is 11.5 Å². The molecule has 0 atom stereocenters. The molecule has 0 bridgehead atoms. The maximum atomic E-state index is 13.3. The average molecular weight is 408 g/mol. The molecule has 0 radical (unpaired) electrons. The summed E-state index contributed by atoms with van der Waals surface area (Å²) in [5, 5.41) is 3.00. The number of benzene rings is 2. The lowest BCUT2D eigenvalue weighted by Gasteiger charge is -2.23. The highest BCUT2D eigenvalue weighted by molar-refractivity contribution is 5.96. The Hall–Kier alpha value is -3.02. The number of carbonyl (C=O) groups excluding carboxylic acids is 2. The van der Waals surface area contributed by atoms with Gasteiger partial charge in [-0.1, -0.05) is 12.1 Å². The van der Waals surface area contributed by atoms with Crippen LogP contribution in [0.2, 0.25) is 0 Å². The summed E-state index contributed by atoms with van der Waals surface area (Å²) in [5.41, 5.74) is 2.26. The zero-order valence-electron chi connectivity index (χ0n) is 17.5. The Morgan fingerprint density at radius 2 is 1.70 bits per heavy atom. The van der Waals surface area contributed by atoms with Gasteiger partial charge < -0.3 is 19.7 Å². The molecule has 2 saturated carbocycles. The molecule has 2 aliphatic carbocycles. The third-order valence-electron chi connectivity index (χ3n) is 5.44. The third-order valence-corrected chi connectivity index (χ3v) is 5.44. The molecule has 0 aliphatic heterocycles. The highest BCUT2D eigenvalue weighted by atomic mass is 16.5. The largest absolute Gasteiger partial charge is 0.493 e. The minimum Gasteiger partial charge on any atom is -0.493 e. The molecule has 2 aromatic carbocycles. The van der Waals surface area contributed by atoms with Gasteiger partial charge in [-0.3, -0.25) is 9.59 Å². The summed E-state index contributed by atoms with van der Waals surface area (Å²) in [4.78, 5) is 27.3. The summed E-state index contributed by atoms with van der Waals surface area (Å²) in [5.74, 6) is 1.15. The normalized spacial score (nSPS) is 15.4. The van der Waals surface area contributed by atoms with Crippen LogP contribution in [0.15, 0.2) is 42.5 Å². The quantitative estimate of drug-likeness (QED) is 0.686. The van der Waals surface area contributed by atoms with Crippen molar-refractivity contribution < 1.29 is 19.1 Å². The SMILES string of the molecule is CCOc1cc(C(=O)N(Cc2ccc(C(=O)NC3CC3)cc2)C2CC2)ccc1OC. The van der Waals surface area contributed by atoms with Gasteiger partial charge in [-0.15, -0.1) is 0 Å². The first-order valence-corrected chi connectivity index (χ1v) is 10.6. The van der Waals surface area contributed by atoms with Gasteiger partial charge in [0, 0.05) is 29.8 Å². The Labute approximate surface area is 177 Å². The van der Waals surface area contributed by atoms with Crippen molar-refractivity contribution in [2.75, 3.05) is 13.7 Å². The van der Waals surface area contributed by atoms with Gasteiger partial charge >= 0.3 is 0 Å². The van der Waals surface area contributed by atoms with Gasteiger partial charge in [0.2, 0.25) is 0 Å². The molecule has 2 aromatic rings. The fraction of sp³-hybridized carbons (Fsp3) is 0.417. The van der Waals surface area contributed by atoms with Gasteiger partial charge in [-0.2, -0.15) is 0 Å². The Balaban J connectivity index is 1.48. The van der Waals surface area contributed by atoms with Crippen molar-refractivity contribution in [1.29, 1.82) is 0 Å². The second-order valence-corrected chi connectivity index (χ2v) is 7.91. The van der Waals surface area contributed by atoms with Crippen LogP contribution in [0.4, 0.5) is 0 Å². The van der Waals surface area contributed by atoms with Crippen LogP contribution in [0.5, 0.6) is 11.5 Å². The molecule has 0 aromatic heterocycles. The fourth-order valence-corrected chi connectivity index (χ4v) is 3.45. The Bertz CT molecular complexity index is 917. The molecule has 0 heterocycles. The summed E-state index contributed by atoms with van der Waals surface area (Å²) in [6, 6.07) is 13.5. The Morgan fingerprint density at radius 3 is 2.30 bits per heavy atom. The first kappa shape index (κ1) is 20.3. The van der Waals surface area contributed by atoms with E-state index in [4.69, 9.17) is 9.47 Å². The van der Waals surface area contributed by atoms with Gasteiger partial charge in [0.05, 0.1) is 13.7 Å². The second-order valence-electron chi connectivity index (χ2n) is 7.91. The molecule has 2 aliphatic rings. The third kappa shape index (κ3) is 4.75. The van der Waals surface area contributed by atoms with E-state index in [0.717, 1.165) is 31.2 Å². The summed E-state index contributed by atoms with van der Waals surface area (Å²) in [6.07, 6.45) is 4.17. The molecule has 6 nitrogen and oxygen atoms in total. The first-order chi connectivity index (χ1) is 14.6. The number of methoxy groups -OCH3 is 1. The fourth-order valence-electron chi connectivity index (χ4n) is 3.45. The lowest BCUT2D eigenvalue weighted by Crippen LogP contribution is -2.32. The number of nitrogens with zero attached hydrogens (tertiary/aromatic N) is 1. The molecule has 158 valence electrons. The minimum absolute atomic E-state index is 0.0170. The molecule has 0 spiro atoms. The van der Waals surface area contributed by atoms with Crippen molar-refractivity contribution in [1.82, 2.24) is 10.2 Å². The number of hydrogen-bond donors (Lipinski definition) is 1. The van der Waals surface area contributed by atoms with Crippen LogP contribution < -0.4 is 14.8 Å². The van der Waals surface area contributed by atoms with Crippen LogP contribution in [0.1, 0.15) is 58.9 Å². The molecule has 30 heavy (non-hydrogen) atoms. The van der Waals surface area contributed by atoms with Gasteiger partial charge in [0.25, 0.3) is 11.8 Å². The molecular weight excluding hydrogens is 380 g/mol. The van der Waals surface area contributed by atoms with Gasteiger partial charge in [0.1, 0.15) is 0 Å². The van der Waals surface area contributed by atoms with E-state index in [-0.39, 0.29) is 17.9 Å². The highest BCUT2D eigenvalue weighted by Gasteiger charge is 2.33. The van der Waals surface area contributed by atoms with E-state index in [2.05, 4.69) is 5.32 Å². The molecular formula is C24H28N2O4. The topological polar surface area (TPSA) is 67.9 Å². The molecule has 4 rings (SSSR count). The highest BCUT2D eigenvalue weighted by Crippen LogP contribution is 2.33. The lowest BCUT2D eigenvalue weighted by atomic mass is 10.1. The van der Waals surface area contributed by atoms with Crippen LogP contribution in [-0.2, 0) is 6.54 Å². The van der Waals surface area contributed by atoms with Crippen molar-refractivity contribution in [3.05, 3.63) is 59.2 Å². The predicted octanol–water partition coefficient (Wildman–Crippen LogP) is 3.79. The van der Waals surface area contributed by atoms with Crippen molar-refractivity contribution in [2.24, 2.45) is 0 Å². The van der Waals surface area contributed by atoms with Gasteiger partial charge in [-0.25, -0.2) is 0 Å². The number of amides is 2. The van der Waals surface area contributed by atoms with E-state index in [1.54, 1.807) is 25.3 Å². The molecule has 0 unspecified atom stereocenters. The van der Waals surface area contributed by atoms with E-state index in [0.29, 0.717) is 41.8 Å². The number of rotatable bonds is 9. The molecule has 2 fully saturated rings. The van der Waals surface area contributed by atoms with Crippen molar-refractivity contribution in [2.45, 2.75) is 51.2 Å². The van der Waals surface area contributed by atoms with E-state index >= 15 is 0 Å². The van der Waals surface area contributed by atoms with Crippen LogP contribution in [0.25, 0.3) is 0 Å². The maximum Gasteiger partial charge on any atom is 0.254 e. The second kappa shape index (κ2) is 8.78. The number of ether oxygens (including phenoxy) is 2. The summed E-state index contributed by atoms with van der Waals surface area (Å²) in [6.45, 7) is 2.92. The smallest absolute Gasteiger partial charge is 0.254 e. The summed E-state index contributed by atoms with van der Waals surface area (Å²) >= 11 is 0. The first-order valence-electron chi connectivity index (χ1n) is 10.6.